The van der Waals surface area contributed by atoms with Gasteiger partial charge in [-0.05, 0) is 30.7 Å². The molecule has 1 saturated heterocycles. The number of hydrogen-bond donors (Lipinski definition) is 1. The largest absolute Gasteiger partial charge is 0.497 e. The highest BCUT2D eigenvalue weighted by Gasteiger charge is 2.31. The zero-order chi connectivity index (χ0) is 21.8. The van der Waals surface area contributed by atoms with Crippen LogP contribution in [-0.4, -0.2) is 49.3 Å². The summed E-state index contributed by atoms with van der Waals surface area (Å²) >= 11 is 0. The first-order valence-electron chi connectivity index (χ1n) is 9.85. The second kappa shape index (κ2) is 8.81. The van der Waals surface area contributed by atoms with Gasteiger partial charge in [0, 0.05) is 11.6 Å². The van der Waals surface area contributed by atoms with Crippen LogP contribution in [0.5, 0.6) is 11.5 Å². The van der Waals surface area contributed by atoms with Gasteiger partial charge in [0.05, 0.1) is 30.4 Å². The summed E-state index contributed by atoms with van der Waals surface area (Å²) in [6, 6.07) is 17.9. The average molecular weight is 442 g/mol. The number of rotatable bonds is 7. The lowest BCUT2D eigenvalue weighted by Crippen LogP contribution is -2.23. The molecule has 0 radical (unpaired) electrons. The Bertz CT molecular complexity index is 1160. The van der Waals surface area contributed by atoms with E-state index in [9.17, 15) is 13.2 Å². The fourth-order valence-electron chi connectivity index (χ4n) is 3.48. The summed E-state index contributed by atoms with van der Waals surface area (Å²) in [6.07, 6.45) is 0.462. The van der Waals surface area contributed by atoms with Crippen molar-refractivity contribution in [3.05, 3.63) is 60.7 Å². The molecule has 1 amide bonds. The average Bonchev–Trinajstić information content (AvgIpc) is 3.36. The first-order chi connectivity index (χ1) is 14.9. The van der Waals surface area contributed by atoms with Crippen molar-refractivity contribution in [1.29, 1.82) is 0 Å². The van der Waals surface area contributed by atoms with E-state index in [1.807, 2.05) is 30.3 Å². The third kappa shape index (κ3) is 5.05. The maximum atomic E-state index is 12.5. The molecule has 1 aromatic heterocycles. The summed E-state index contributed by atoms with van der Waals surface area (Å²) in [6.45, 7) is -0.193. The van der Waals surface area contributed by atoms with Crippen LogP contribution in [-0.2, 0) is 14.6 Å². The number of nitrogens with zero attached hydrogens (tertiary/aromatic N) is 2. The molecule has 3 aromatic rings. The third-order valence-electron chi connectivity index (χ3n) is 5.06. The van der Waals surface area contributed by atoms with Crippen LogP contribution in [0, 0.1) is 0 Å². The molecule has 8 nitrogen and oxygen atoms in total. The molecule has 0 bridgehead atoms. The van der Waals surface area contributed by atoms with Crippen LogP contribution >= 0.6 is 0 Å². The minimum atomic E-state index is -3.10. The Morgan fingerprint density at radius 1 is 1.13 bits per heavy atom. The Kier molecular flexibility index (Phi) is 5.94. The summed E-state index contributed by atoms with van der Waals surface area (Å²) < 4.78 is 36.2. The molecule has 1 aliphatic heterocycles. The Morgan fingerprint density at radius 3 is 2.48 bits per heavy atom. The minimum Gasteiger partial charge on any atom is -0.497 e. The van der Waals surface area contributed by atoms with E-state index in [1.165, 1.54) is 0 Å². The number of methoxy groups -OCH3 is 1. The first kappa shape index (κ1) is 20.9. The van der Waals surface area contributed by atoms with Crippen molar-refractivity contribution in [3.63, 3.8) is 0 Å². The van der Waals surface area contributed by atoms with E-state index in [0.29, 0.717) is 29.4 Å². The van der Waals surface area contributed by atoms with Crippen molar-refractivity contribution < 1.29 is 22.7 Å². The van der Waals surface area contributed by atoms with Crippen molar-refractivity contribution >= 4 is 21.6 Å². The maximum Gasteiger partial charge on any atom is 0.263 e. The number of nitrogens with one attached hydrogen (secondary N) is 1. The number of ether oxygens (including phenoxy) is 2. The van der Waals surface area contributed by atoms with E-state index < -0.39 is 9.84 Å². The van der Waals surface area contributed by atoms with E-state index in [0.717, 1.165) is 5.56 Å². The van der Waals surface area contributed by atoms with Crippen molar-refractivity contribution in [2.45, 2.75) is 12.5 Å². The van der Waals surface area contributed by atoms with Gasteiger partial charge >= 0.3 is 0 Å². The third-order valence-corrected chi connectivity index (χ3v) is 6.81. The number of carbonyl (C=O) groups is 1. The zero-order valence-corrected chi connectivity index (χ0v) is 17.8. The maximum absolute atomic E-state index is 12.5. The van der Waals surface area contributed by atoms with Gasteiger partial charge in [0.1, 0.15) is 17.3 Å². The number of carbonyl (C=O) groups excluding carboxylic acids is 1. The molecule has 1 atom stereocenters. The molecule has 0 saturated carbocycles. The smallest absolute Gasteiger partial charge is 0.263 e. The molecule has 1 aliphatic rings. The molecule has 0 spiro atoms. The molecule has 31 heavy (non-hydrogen) atoms. The van der Waals surface area contributed by atoms with Crippen LogP contribution in [0.15, 0.2) is 60.7 Å². The fourth-order valence-corrected chi connectivity index (χ4v) is 5.18. The van der Waals surface area contributed by atoms with Gasteiger partial charge in [-0.2, -0.15) is 5.10 Å². The minimum absolute atomic E-state index is 0.00806. The first-order valence-corrected chi connectivity index (χ1v) is 11.7. The molecule has 9 heteroatoms. The molecule has 2 heterocycles. The van der Waals surface area contributed by atoms with E-state index in [-0.39, 0.29) is 30.1 Å². The number of benzene rings is 2. The van der Waals surface area contributed by atoms with Crippen molar-refractivity contribution in [1.82, 2.24) is 9.78 Å². The fraction of sp³-hybridized carbons (Fsp3) is 0.273. The molecule has 4 rings (SSSR count). The molecule has 1 N–H and O–H groups in total. The van der Waals surface area contributed by atoms with Gasteiger partial charge in [0.15, 0.2) is 16.4 Å². The number of sulfone groups is 1. The van der Waals surface area contributed by atoms with Gasteiger partial charge in [-0.1, -0.05) is 30.3 Å². The van der Waals surface area contributed by atoms with Gasteiger partial charge in [-0.15, -0.1) is 0 Å². The topological polar surface area (TPSA) is 99.5 Å². The number of aromatic nitrogens is 2. The standard InChI is InChI=1S/C22H23N3O5S/c1-29-18-7-9-19(10-8-18)30-14-22(26)23-21-13-20(16-5-3-2-4-6-16)24-25(21)17-11-12-31(27,28)15-17/h2-10,13,17H,11-12,14-15H2,1H3,(H,23,26). The molecule has 0 aliphatic carbocycles. The molecular formula is C22H23N3O5S. The van der Waals surface area contributed by atoms with Gasteiger partial charge in [-0.25, -0.2) is 13.1 Å². The van der Waals surface area contributed by atoms with Crippen LogP contribution in [0.2, 0.25) is 0 Å². The van der Waals surface area contributed by atoms with Gasteiger partial charge in [0.25, 0.3) is 5.91 Å². The molecule has 1 fully saturated rings. The lowest BCUT2D eigenvalue weighted by atomic mass is 10.1. The van der Waals surface area contributed by atoms with E-state index in [1.54, 1.807) is 42.1 Å². The SMILES string of the molecule is COc1ccc(OCC(=O)Nc2cc(-c3ccccc3)nn2C2CCS(=O)(=O)C2)cc1. The second-order valence-electron chi connectivity index (χ2n) is 7.29. The number of anilines is 1. The predicted octanol–water partition coefficient (Wildman–Crippen LogP) is 2.94. The van der Waals surface area contributed by atoms with Crippen molar-refractivity contribution in [2.24, 2.45) is 0 Å². The number of amides is 1. The normalized spacial score (nSPS) is 17.3. The Morgan fingerprint density at radius 2 is 1.84 bits per heavy atom. The zero-order valence-electron chi connectivity index (χ0n) is 17.0. The lowest BCUT2D eigenvalue weighted by Gasteiger charge is -2.14. The van der Waals surface area contributed by atoms with Crippen LogP contribution < -0.4 is 14.8 Å². The monoisotopic (exact) mass is 441 g/mol. The summed E-state index contributed by atoms with van der Waals surface area (Å²) in [5.41, 5.74) is 1.54. The highest BCUT2D eigenvalue weighted by atomic mass is 32.2. The summed E-state index contributed by atoms with van der Waals surface area (Å²) in [7, 11) is -1.53. The van der Waals surface area contributed by atoms with E-state index >= 15 is 0 Å². The Balaban J connectivity index is 1.51. The van der Waals surface area contributed by atoms with Crippen LogP contribution in [0.25, 0.3) is 11.3 Å². The quantitative estimate of drug-likeness (QED) is 0.605. The molecular weight excluding hydrogens is 418 g/mol. The van der Waals surface area contributed by atoms with Crippen LogP contribution in [0.1, 0.15) is 12.5 Å². The van der Waals surface area contributed by atoms with E-state index in [4.69, 9.17) is 9.47 Å². The lowest BCUT2D eigenvalue weighted by molar-refractivity contribution is -0.118. The van der Waals surface area contributed by atoms with Gasteiger partial charge in [0.2, 0.25) is 0 Å². The molecule has 2 aromatic carbocycles. The van der Waals surface area contributed by atoms with Crippen LogP contribution in [0.3, 0.4) is 0 Å². The van der Waals surface area contributed by atoms with E-state index in [2.05, 4.69) is 10.4 Å². The van der Waals surface area contributed by atoms with Gasteiger partial charge in [-0.3, -0.25) is 4.79 Å². The Hall–Kier alpha value is -3.33. The highest BCUT2D eigenvalue weighted by molar-refractivity contribution is 7.91. The summed E-state index contributed by atoms with van der Waals surface area (Å²) in [5.74, 6) is 1.44. The van der Waals surface area contributed by atoms with Crippen molar-refractivity contribution in [2.75, 3.05) is 30.5 Å². The summed E-state index contributed by atoms with van der Waals surface area (Å²) in [4.78, 5) is 12.5. The van der Waals surface area contributed by atoms with Gasteiger partial charge < -0.3 is 14.8 Å². The Labute approximate surface area is 180 Å². The van der Waals surface area contributed by atoms with Crippen molar-refractivity contribution in [3.8, 4) is 22.8 Å². The molecule has 162 valence electrons. The highest BCUT2D eigenvalue weighted by Crippen LogP contribution is 2.30. The molecule has 1 unspecified atom stereocenters. The number of hydrogen-bond acceptors (Lipinski definition) is 6. The second-order valence-corrected chi connectivity index (χ2v) is 9.52. The van der Waals surface area contributed by atoms with Crippen LogP contribution in [0.4, 0.5) is 5.82 Å². The predicted molar refractivity (Wildman–Crippen MR) is 117 cm³/mol. The summed E-state index contributed by atoms with van der Waals surface area (Å²) in [5, 5.41) is 7.42.